The van der Waals surface area contributed by atoms with Gasteiger partial charge in [-0.15, -0.1) is 0 Å². The molecule has 3 aromatic rings. The van der Waals surface area contributed by atoms with Crippen molar-refractivity contribution >= 4 is 29.0 Å². The van der Waals surface area contributed by atoms with Gasteiger partial charge in [0, 0.05) is 21.9 Å². The van der Waals surface area contributed by atoms with Crippen molar-refractivity contribution in [3.63, 3.8) is 0 Å². The van der Waals surface area contributed by atoms with Gasteiger partial charge in [-0.3, -0.25) is 5.41 Å². The van der Waals surface area contributed by atoms with Crippen LogP contribution in [0.25, 0.3) is 0 Å². The van der Waals surface area contributed by atoms with E-state index in [1.807, 2.05) is 79.7 Å². The Balaban J connectivity index is 2.05. The molecule has 0 aromatic heterocycles. The van der Waals surface area contributed by atoms with Crippen molar-refractivity contribution in [2.24, 2.45) is 9.98 Å². The summed E-state index contributed by atoms with van der Waals surface area (Å²) in [5.74, 6) is 0.618. The summed E-state index contributed by atoms with van der Waals surface area (Å²) < 4.78 is 0. The van der Waals surface area contributed by atoms with Crippen LogP contribution < -0.4 is 0 Å². The second kappa shape index (κ2) is 8.37. The maximum Gasteiger partial charge on any atom is 0.161 e. The minimum absolute atomic E-state index is 0.158. The van der Waals surface area contributed by atoms with Crippen LogP contribution in [0.4, 0.5) is 0 Å². The highest BCUT2D eigenvalue weighted by molar-refractivity contribution is 6.31. The van der Waals surface area contributed by atoms with Gasteiger partial charge in [-0.25, -0.2) is 9.98 Å². The number of nitrogens with one attached hydrogen (secondary N) is 1. The third-order valence-electron chi connectivity index (χ3n) is 3.81. The zero-order valence-electron chi connectivity index (χ0n) is 14.4. The van der Waals surface area contributed by atoms with E-state index in [0.717, 1.165) is 22.4 Å². The zero-order chi connectivity index (χ0) is 18.4. The molecule has 3 aromatic carbocycles. The first kappa shape index (κ1) is 17.8. The van der Waals surface area contributed by atoms with E-state index in [9.17, 15) is 0 Å². The highest BCUT2D eigenvalue weighted by Gasteiger charge is 2.08. The topological polar surface area (TPSA) is 48.6 Å². The van der Waals surface area contributed by atoms with Gasteiger partial charge in [0.15, 0.2) is 11.7 Å². The molecule has 0 unspecified atom stereocenters. The van der Waals surface area contributed by atoms with E-state index in [4.69, 9.17) is 22.0 Å². The number of amidine groups is 2. The largest absolute Gasteiger partial charge is 0.282 e. The van der Waals surface area contributed by atoms with E-state index in [1.54, 1.807) is 12.1 Å². The molecule has 0 fully saturated rings. The maximum absolute atomic E-state index is 8.32. The Morgan fingerprint density at radius 1 is 0.731 bits per heavy atom. The molecule has 0 atom stereocenters. The highest BCUT2D eigenvalue weighted by atomic mass is 35.5. The zero-order valence-corrected chi connectivity index (χ0v) is 15.1. The Kier molecular flexibility index (Phi) is 5.72. The summed E-state index contributed by atoms with van der Waals surface area (Å²) >= 11 is 6.14. The molecule has 0 spiro atoms. The van der Waals surface area contributed by atoms with Gasteiger partial charge in [-0.1, -0.05) is 84.4 Å². The maximum atomic E-state index is 8.32. The van der Waals surface area contributed by atoms with Crippen LogP contribution in [0.2, 0.25) is 5.02 Å². The Labute approximate surface area is 158 Å². The van der Waals surface area contributed by atoms with Gasteiger partial charge in [-0.2, -0.15) is 0 Å². The van der Waals surface area contributed by atoms with Crippen LogP contribution in [-0.2, 0) is 0 Å². The van der Waals surface area contributed by atoms with Crippen LogP contribution >= 0.6 is 11.6 Å². The summed E-state index contributed by atoms with van der Waals surface area (Å²) in [4.78, 5) is 9.17. The minimum Gasteiger partial charge on any atom is -0.282 e. The summed E-state index contributed by atoms with van der Waals surface area (Å²) in [7, 11) is 0. The van der Waals surface area contributed by atoms with Gasteiger partial charge in [0.2, 0.25) is 0 Å². The molecule has 0 aliphatic heterocycles. The lowest BCUT2D eigenvalue weighted by atomic mass is 10.1. The molecule has 0 aliphatic carbocycles. The molecular formula is C22H18ClN3. The molecule has 0 aliphatic rings. The van der Waals surface area contributed by atoms with Crippen LogP contribution in [0.15, 0.2) is 94.9 Å². The van der Waals surface area contributed by atoms with Gasteiger partial charge >= 0.3 is 0 Å². The number of benzene rings is 3. The first-order valence-corrected chi connectivity index (χ1v) is 8.60. The van der Waals surface area contributed by atoms with E-state index >= 15 is 0 Å². The molecule has 0 bridgehead atoms. The van der Waals surface area contributed by atoms with Gasteiger partial charge in [0.25, 0.3) is 0 Å². The Bertz CT molecular complexity index is 961. The van der Waals surface area contributed by atoms with Crippen LogP contribution in [0, 0.1) is 5.41 Å². The van der Waals surface area contributed by atoms with Gasteiger partial charge < -0.3 is 0 Å². The van der Waals surface area contributed by atoms with Crippen molar-refractivity contribution in [1.29, 1.82) is 5.41 Å². The second-order valence-electron chi connectivity index (χ2n) is 5.72. The van der Waals surface area contributed by atoms with Crippen molar-refractivity contribution in [1.82, 2.24) is 0 Å². The SMILES string of the molecule is C/C(=N\C(=N/C(=N)c1ccccc1)c1cccc(Cl)c1)c1ccccc1. The van der Waals surface area contributed by atoms with Crippen LogP contribution in [-0.4, -0.2) is 17.4 Å². The van der Waals surface area contributed by atoms with Gasteiger partial charge in [0.1, 0.15) is 0 Å². The van der Waals surface area contributed by atoms with E-state index in [-0.39, 0.29) is 5.84 Å². The number of hydrogen-bond acceptors (Lipinski definition) is 1. The Hall–Kier alpha value is -3.04. The monoisotopic (exact) mass is 359 g/mol. The number of nitrogens with zero attached hydrogens (tertiary/aromatic N) is 2. The smallest absolute Gasteiger partial charge is 0.161 e. The first-order chi connectivity index (χ1) is 12.6. The molecule has 0 saturated carbocycles. The quantitative estimate of drug-likeness (QED) is 0.466. The normalized spacial score (nSPS) is 12.1. The summed E-state index contributed by atoms with van der Waals surface area (Å²) in [5, 5.41) is 8.93. The van der Waals surface area contributed by atoms with E-state index in [2.05, 4.69) is 4.99 Å². The third kappa shape index (κ3) is 4.52. The fourth-order valence-electron chi connectivity index (χ4n) is 2.45. The molecule has 0 radical (unpaired) electrons. The lowest BCUT2D eigenvalue weighted by Gasteiger charge is -2.07. The van der Waals surface area contributed by atoms with Crippen molar-refractivity contribution in [2.45, 2.75) is 6.92 Å². The summed E-state index contributed by atoms with van der Waals surface area (Å²) in [6, 6.07) is 26.7. The lowest BCUT2D eigenvalue weighted by molar-refractivity contribution is 1.39. The summed E-state index contributed by atoms with van der Waals surface area (Å²) in [6.07, 6.45) is 0. The fraction of sp³-hybridized carbons (Fsp3) is 0.0455. The predicted molar refractivity (Wildman–Crippen MR) is 110 cm³/mol. The molecule has 3 rings (SSSR count). The second-order valence-corrected chi connectivity index (χ2v) is 6.16. The lowest BCUT2D eigenvalue weighted by Crippen LogP contribution is -2.07. The van der Waals surface area contributed by atoms with Crippen LogP contribution in [0.5, 0.6) is 0 Å². The Morgan fingerprint density at radius 3 is 1.92 bits per heavy atom. The van der Waals surface area contributed by atoms with Crippen LogP contribution in [0.1, 0.15) is 23.6 Å². The van der Waals surface area contributed by atoms with Crippen LogP contribution in [0.3, 0.4) is 0 Å². The molecule has 128 valence electrons. The average Bonchev–Trinajstić information content (AvgIpc) is 2.68. The van der Waals surface area contributed by atoms with Crippen molar-refractivity contribution in [3.8, 4) is 0 Å². The van der Waals surface area contributed by atoms with E-state index in [1.165, 1.54) is 0 Å². The average molecular weight is 360 g/mol. The number of rotatable bonds is 3. The number of hydrogen-bond donors (Lipinski definition) is 1. The first-order valence-electron chi connectivity index (χ1n) is 8.23. The number of aliphatic imine (C=N–C) groups is 2. The van der Waals surface area contributed by atoms with Crippen molar-refractivity contribution in [3.05, 3.63) is 107 Å². The highest BCUT2D eigenvalue weighted by Crippen LogP contribution is 2.14. The van der Waals surface area contributed by atoms with E-state index < -0.39 is 0 Å². The molecule has 0 heterocycles. The standard InChI is InChI=1S/C22H18ClN3/c1-16(17-9-4-2-5-10-17)25-22(19-13-8-14-20(23)15-19)26-21(24)18-11-6-3-7-12-18/h2-15,24H,1H3/b24-21?,25-16+,26-22-. The molecule has 26 heavy (non-hydrogen) atoms. The molecule has 0 saturated heterocycles. The van der Waals surface area contributed by atoms with Crippen molar-refractivity contribution in [2.75, 3.05) is 0 Å². The molecule has 3 nitrogen and oxygen atoms in total. The fourth-order valence-corrected chi connectivity index (χ4v) is 2.64. The predicted octanol–water partition coefficient (Wildman–Crippen LogP) is 5.62. The van der Waals surface area contributed by atoms with E-state index in [0.29, 0.717) is 10.9 Å². The minimum atomic E-state index is 0.158. The molecular weight excluding hydrogens is 342 g/mol. The molecule has 4 heteroatoms. The molecule has 1 N–H and O–H groups in total. The van der Waals surface area contributed by atoms with Gasteiger partial charge in [0.05, 0.1) is 0 Å². The van der Waals surface area contributed by atoms with Crippen molar-refractivity contribution < 1.29 is 0 Å². The Morgan fingerprint density at radius 2 is 1.31 bits per heavy atom. The third-order valence-corrected chi connectivity index (χ3v) is 4.05. The number of halogens is 1. The van der Waals surface area contributed by atoms with Gasteiger partial charge in [-0.05, 0) is 24.6 Å². The molecule has 0 amide bonds. The summed E-state index contributed by atoms with van der Waals surface area (Å²) in [5.41, 5.74) is 3.34. The summed E-state index contributed by atoms with van der Waals surface area (Å²) in [6.45, 7) is 1.93.